The van der Waals surface area contributed by atoms with E-state index in [-0.39, 0.29) is 5.91 Å². The molecule has 0 spiro atoms. The molecule has 6 nitrogen and oxygen atoms in total. The van der Waals surface area contributed by atoms with Crippen LogP contribution < -0.4 is 9.47 Å². The molecule has 0 aliphatic carbocycles. The van der Waals surface area contributed by atoms with Crippen molar-refractivity contribution in [2.45, 2.75) is 52.6 Å². The zero-order chi connectivity index (χ0) is 24.8. The lowest BCUT2D eigenvalue weighted by Gasteiger charge is -2.36. The smallest absolute Gasteiger partial charge is 0.347 e. The van der Waals surface area contributed by atoms with E-state index >= 15 is 0 Å². The molecule has 7 heteroatoms. The number of para-hydroxylation sites is 1. The molecule has 2 aromatic rings. The first kappa shape index (κ1) is 26.7. The molecule has 0 aliphatic rings. The molecular weight excluding hydrogens is 440 g/mol. The number of unbranched alkanes of at least 4 members (excludes halogenated alkanes) is 1. The Morgan fingerprint density at radius 1 is 1.09 bits per heavy atom. The van der Waals surface area contributed by atoms with Gasteiger partial charge < -0.3 is 14.4 Å². The largest absolute Gasteiger partial charge is 0.493 e. The fourth-order valence-electron chi connectivity index (χ4n) is 3.45. The van der Waals surface area contributed by atoms with Gasteiger partial charge in [0.1, 0.15) is 17.1 Å². The Bertz CT molecular complexity index is 974. The summed E-state index contributed by atoms with van der Waals surface area (Å²) in [7, 11) is 5.35. The molecular formula is C26H35ClN2O4. The maximum absolute atomic E-state index is 13.1. The molecule has 0 aliphatic heterocycles. The second kappa shape index (κ2) is 11.5. The third-order valence-electron chi connectivity index (χ3n) is 5.74. The second-order valence-corrected chi connectivity index (χ2v) is 9.25. The van der Waals surface area contributed by atoms with Crippen LogP contribution in [0.1, 0.15) is 55.1 Å². The number of carbonyl (C=O) groups excluding carboxylic acids is 2. The molecule has 2 aromatic carbocycles. The van der Waals surface area contributed by atoms with E-state index in [9.17, 15) is 9.59 Å². The summed E-state index contributed by atoms with van der Waals surface area (Å²) in [6.07, 6.45) is 1.82. The molecule has 0 atom stereocenters. The van der Waals surface area contributed by atoms with Crippen molar-refractivity contribution in [3.05, 3.63) is 58.1 Å². The Balaban J connectivity index is 2.43. The molecule has 0 bridgehead atoms. The topological polar surface area (TPSA) is 59.1 Å². The predicted octanol–water partition coefficient (Wildman–Crippen LogP) is 5.35. The minimum atomic E-state index is -0.741. The van der Waals surface area contributed by atoms with Crippen molar-refractivity contribution in [3.63, 3.8) is 0 Å². The third-order valence-corrected chi connectivity index (χ3v) is 6.27. The first-order valence-corrected chi connectivity index (χ1v) is 11.5. The number of esters is 1. The van der Waals surface area contributed by atoms with Gasteiger partial charge in [-0.15, -0.1) is 0 Å². The number of hydrogen-bond donors (Lipinski definition) is 0. The van der Waals surface area contributed by atoms with Gasteiger partial charge in [-0.2, -0.15) is 0 Å². The average molecular weight is 475 g/mol. The van der Waals surface area contributed by atoms with E-state index in [0.29, 0.717) is 40.8 Å². The number of halogens is 1. The van der Waals surface area contributed by atoms with E-state index < -0.39 is 11.5 Å². The van der Waals surface area contributed by atoms with Gasteiger partial charge in [-0.05, 0) is 63.6 Å². The first-order valence-electron chi connectivity index (χ1n) is 11.2. The van der Waals surface area contributed by atoms with Crippen LogP contribution in [-0.4, -0.2) is 55.0 Å². The van der Waals surface area contributed by atoms with Gasteiger partial charge in [-0.1, -0.05) is 43.1 Å². The molecule has 0 saturated carbocycles. The molecule has 0 aromatic heterocycles. The summed E-state index contributed by atoms with van der Waals surface area (Å²) in [4.78, 5) is 29.3. The van der Waals surface area contributed by atoms with Crippen molar-refractivity contribution in [1.82, 2.24) is 9.80 Å². The number of ether oxygens (including phenoxy) is 2. The van der Waals surface area contributed by atoms with Crippen LogP contribution in [0.15, 0.2) is 36.4 Å². The van der Waals surface area contributed by atoms with Crippen molar-refractivity contribution in [1.29, 1.82) is 0 Å². The van der Waals surface area contributed by atoms with E-state index in [4.69, 9.17) is 21.1 Å². The number of rotatable bonds is 10. The van der Waals surface area contributed by atoms with Crippen molar-refractivity contribution < 1.29 is 19.1 Å². The van der Waals surface area contributed by atoms with Crippen LogP contribution in [0.4, 0.5) is 0 Å². The number of likely N-dealkylation sites (N-methyl/N-ethyl adjacent to an activating group) is 2. The van der Waals surface area contributed by atoms with Crippen molar-refractivity contribution in [2.24, 2.45) is 0 Å². The Hall–Kier alpha value is -2.57. The van der Waals surface area contributed by atoms with Gasteiger partial charge in [0.2, 0.25) is 5.91 Å². The Morgan fingerprint density at radius 2 is 1.73 bits per heavy atom. The number of hydrogen-bond acceptors (Lipinski definition) is 5. The summed E-state index contributed by atoms with van der Waals surface area (Å²) < 4.78 is 11.6. The minimum Gasteiger partial charge on any atom is -0.493 e. The molecule has 2 rings (SSSR count). The highest BCUT2D eigenvalue weighted by molar-refractivity contribution is 6.32. The van der Waals surface area contributed by atoms with Gasteiger partial charge in [0.25, 0.3) is 0 Å². The van der Waals surface area contributed by atoms with E-state index in [1.807, 2.05) is 31.9 Å². The van der Waals surface area contributed by atoms with Crippen LogP contribution in [0.25, 0.3) is 0 Å². The summed E-state index contributed by atoms with van der Waals surface area (Å²) in [6.45, 7) is 8.50. The zero-order valence-electron chi connectivity index (χ0n) is 20.7. The van der Waals surface area contributed by atoms with E-state index in [1.54, 1.807) is 56.3 Å². The molecule has 33 heavy (non-hydrogen) atoms. The van der Waals surface area contributed by atoms with Crippen LogP contribution in [0, 0.1) is 6.92 Å². The van der Waals surface area contributed by atoms with E-state index in [1.165, 1.54) is 0 Å². The number of amides is 1. The van der Waals surface area contributed by atoms with Crippen molar-refractivity contribution in [3.8, 4) is 11.5 Å². The van der Waals surface area contributed by atoms with Gasteiger partial charge in [-0.25, -0.2) is 4.79 Å². The second-order valence-electron chi connectivity index (χ2n) is 8.87. The fraction of sp³-hybridized carbons (Fsp3) is 0.462. The highest BCUT2D eigenvalue weighted by Gasteiger charge is 2.34. The van der Waals surface area contributed by atoms with Gasteiger partial charge in [0.15, 0.2) is 0 Å². The predicted molar refractivity (Wildman–Crippen MR) is 132 cm³/mol. The van der Waals surface area contributed by atoms with Crippen LogP contribution in [0.5, 0.6) is 11.5 Å². The monoisotopic (exact) mass is 474 g/mol. The summed E-state index contributed by atoms with van der Waals surface area (Å²) in [5.41, 5.74) is 0.940. The van der Waals surface area contributed by atoms with Gasteiger partial charge in [0, 0.05) is 25.7 Å². The normalized spacial score (nSPS) is 11.4. The fourth-order valence-corrected chi connectivity index (χ4v) is 3.66. The van der Waals surface area contributed by atoms with Crippen LogP contribution in [0.3, 0.4) is 0 Å². The number of benzene rings is 2. The molecule has 0 unspecified atom stereocenters. The van der Waals surface area contributed by atoms with E-state index in [2.05, 4.69) is 6.92 Å². The molecule has 180 valence electrons. The first-order chi connectivity index (χ1) is 15.5. The number of carbonyl (C=O) groups is 2. The maximum Gasteiger partial charge on any atom is 0.347 e. The lowest BCUT2D eigenvalue weighted by atomic mass is 9.98. The Labute approximate surface area is 202 Å². The van der Waals surface area contributed by atoms with Crippen molar-refractivity contribution in [2.75, 3.05) is 27.7 Å². The lowest BCUT2D eigenvalue weighted by Crippen LogP contribution is -2.52. The highest BCUT2D eigenvalue weighted by atomic mass is 35.5. The summed E-state index contributed by atoms with van der Waals surface area (Å²) in [5.74, 6) is 0.354. The van der Waals surface area contributed by atoms with E-state index in [0.717, 1.165) is 18.4 Å². The van der Waals surface area contributed by atoms with Gasteiger partial charge in [-0.3, -0.25) is 9.69 Å². The molecule has 1 amide bonds. The molecule has 0 N–H and O–H groups in total. The highest BCUT2D eigenvalue weighted by Crippen LogP contribution is 2.35. The van der Waals surface area contributed by atoms with Gasteiger partial charge >= 0.3 is 5.97 Å². The summed E-state index contributed by atoms with van der Waals surface area (Å²) in [6, 6.07) is 10.7. The third kappa shape index (κ3) is 6.49. The maximum atomic E-state index is 13.1. The average Bonchev–Trinajstić information content (AvgIpc) is 2.77. The lowest BCUT2D eigenvalue weighted by molar-refractivity contribution is -0.139. The van der Waals surface area contributed by atoms with Crippen molar-refractivity contribution >= 4 is 23.5 Å². The standard InChI is InChI=1S/C26H35ClN2O4/c1-8-9-15-32-21-16-19(17-29(7)26(3,4)25(31)28(5)6)23(27)18(2)22(21)24(30)33-20-13-11-10-12-14-20/h10-14,16H,8-9,15,17H2,1-7H3. The molecule has 0 saturated heterocycles. The van der Waals surface area contributed by atoms with Crippen LogP contribution in [0.2, 0.25) is 5.02 Å². The van der Waals surface area contributed by atoms with Crippen LogP contribution >= 0.6 is 11.6 Å². The molecule has 0 fully saturated rings. The molecule has 0 radical (unpaired) electrons. The zero-order valence-corrected chi connectivity index (χ0v) is 21.5. The Kier molecular flexibility index (Phi) is 9.32. The van der Waals surface area contributed by atoms with Crippen LogP contribution in [-0.2, 0) is 11.3 Å². The minimum absolute atomic E-state index is 0.0136. The SMILES string of the molecule is CCCCOc1cc(CN(C)C(C)(C)C(=O)N(C)C)c(Cl)c(C)c1C(=O)Oc1ccccc1. The Morgan fingerprint density at radius 3 is 2.30 bits per heavy atom. The molecule has 0 heterocycles. The summed E-state index contributed by atoms with van der Waals surface area (Å²) in [5, 5.41) is 0.456. The number of nitrogens with zero attached hydrogens (tertiary/aromatic N) is 2. The quantitative estimate of drug-likeness (QED) is 0.264. The summed E-state index contributed by atoms with van der Waals surface area (Å²) >= 11 is 6.73. The van der Waals surface area contributed by atoms with Gasteiger partial charge in [0.05, 0.1) is 12.1 Å².